The molecule has 1 aromatic carbocycles. The average Bonchev–Trinajstić information content (AvgIpc) is 2.09. The van der Waals surface area contributed by atoms with Crippen molar-refractivity contribution in [1.82, 2.24) is 5.32 Å². The third-order valence-corrected chi connectivity index (χ3v) is 2.67. The first kappa shape index (κ1) is 10.6. The normalized spacial score (nSPS) is 10.5. The highest BCUT2D eigenvalue weighted by molar-refractivity contribution is 6.31. The van der Waals surface area contributed by atoms with Crippen LogP contribution in [0.5, 0.6) is 0 Å². The van der Waals surface area contributed by atoms with E-state index in [1.165, 1.54) is 16.7 Å². The van der Waals surface area contributed by atoms with Crippen LogP contribution in [0.15, 0.2) is 12.1 Å². The van der Waals surface area contributed by atoms with Crippen LogP contribution < -0.4 is 5.32 Å². The van der Waals surface area contributed by atoms with Gasteiger partial charge in [0.25, 0.3) is 0 Å². The first-order valence-corrected chi connectivity index (χ1v) is 4.93. The minimum atomic E-state index is 0.866. The molecule has 0 amide bonds. The van der Waals surface area contributed by atoms with E-state index in [1.54, 1.807) is 0 Å². The first-order chi connectivity index (χ1) is 6.15. The average molecular weight is 198 g/mol. The highest BCUT2D eigenvalue weighted by Crippen LogP contribution is 2.20. The lowest BCUT2D eigenvalue weighted by molar-refractivity contribution is 0.788. The van der Waals surface area contributed by atoms with Crippen LogP contribution in [0.3, 0.4) is 0 Å². The van der Waals surface area contributed by atoms with Crippen LogP contribution in [-0.4, -0.2) is 13.6 Å². The van der Waals surface area contributed by atoms with E-state index >= 15 is 0 Å². The molecule has 0 saturated heterocycles. The fourth-order valence-electron chi connectivity index (χ4n) is 1.37. The zero-order valence-electron chi connectivity index (χ0n) is 8.45. The number of nitrogens with one attached hydrogen (secondary N) is 1. The molecule has 0 aliphatic carbocycles. The standard InChI is InChI=1S/C11H16ClN/c1-8-7-11(12)9(2)6-10(8)4-5-13-3/h6-7,13H,4-5H2,1-3H3. The summed E-state index contributed by atoms with van der Waals surface area (Å²) in [5.74, 6) is 0. The first-order valence-electron chi connectivity index (χ1n) is 4.55. The Morgan fingerprint density at radius 2 is 1.92 bits per heavy atom. The fraction of sp³-hybridized carbons (Fsp3) is 0.455. The van der Waals surface area contributed by atoms with Crippen LogP contribution in [0, 0.1) is 13.8 Å². The minimum Gasteiger partial charge on any atom is -0.319 e. The summed E-state index contributed by atoms with van der Waals surface area (Å²) in [6.45, 7) is 5.17. The van der Waals surface area contributed by atoms with Gasteiger partial charge in [-0.25, -0.2) is 0 Å². The summed E-state index contributed by atoms with van der Waals surface area (Å²) >= 11 is 6.00. The second kappa shape index (κ2) is 4.64. The van der Waals surface area contributed by atoms with Gasteiger partial charge in [-0.05, 0) is 56.6 Å². The number of benzene rings is 1. The Kier molecular flexibility index (Phi) is 3.76. The van der Waals surface area contributed by atoms with E-state index in [-0.39, 0.29) is 0 Å². The maximum absolute atomic E-state index is 6.00. The van der Waals surface area contributed by atoms with Gasteiger partial charge in [0, 0.05) is 5.02 Å². The van der Waals surface area contributed by atoms with Crippen molar-refractivity contribution < 1.29 is 0 Å². The number of hydrogen-bond donors (Lipinski definition) is 1. The maximum Gasteiger partial charge on any atom is 0.0438 e. The zero-order valence-corrected chi connectivity index (χ0v) is 9.20. The molecular formula is C11H16ClN. The van der Waals surface area contributed by atoms with Crippen molar-refractivity contribution in [2.24, 2.45) is 0 Å². The van der Waals surface area contributed by atoms with Gasteiger partial charge in [0.1, 0.15) is 0 Å². The van der Waals surface area contributed by atoms with Gasteiger partial charge in [-0.1, -0.05) is 17.7 Å². The number of aryl methyl sites for hydroxylation is 2. The molecule has 1 aromatic rings. The molecule has 1 N–H and O–H groups in total. The van der Waals surface area contributed by atoms with E-state index in [9.17, 15) is 0 Å². The number of hydrogen-bond acceptors (Lipinski definition) is 1. The van der Waals surface area contributed by atoms with Gasteiger partial charge in [-0.15, -0.1) is 0 Å². The van der Waals surface area contributed by atoms with E-state index < -0.39 is 0 Å². The van der Waals surface area contributed by atoms with Gasteiger partial charge < -0.3 is 5.32 Å². The summed E-state index contributed by atoms with van der Waals surface area (Å²) in [7, 11) is 1.97. The molecule has 0 spiro atoms. The van der Waals surface area contributed by atoms with Gasteiger partial charge in [-0.3, -0.25) is 0 Å². The monoisotopic (exact) mass is 197 g/mol. The summed E-state index contributed by atoms with van der Waals surface area (Å²) in [5.41, 5.74) is 3.83. The van der Waals surface area contributed by atoms with Gasteiger partial charge in [0.15, 0.2) is 0 Å². The molecule has 0 fully saturated rings. The molecular weight excluding hydrogens is 182 g/mol. The minimum absolute atomic E-state index is 0.866. The molecule has 72 valence electrons. The van der Waals surface area contributed by atoms with Gasteiger partial charge in [-0.2, -0.15) is 0 Å². The summed E-state index contributed by atoms with van der Waals surface area (Å²) < 4.78 is 0. The lowest BCUT2D eigenvalue weighted by Gasteiger charge is -2.08. The van der Waals surface area contributed by atoms with Gasteiger partial charge in [0.05, 0.1) is 0 Å². The third kappa shape index (κ3) is 2.71. The van der Waals surface area contributed by atoms with E-state index in [0.717, 1.165) is 18.0 Å². The van der Waals surface area contributed by atoms with Gasteiger partial charge in [0.2, 0.25) is 0 Å². The molecule has 0 aliphatic heterocycles. The van der Waals surface area contributed by atoms with Crippen LogP contribution >= 0.6 is 11.6 Å². The molecule has 0 aliphatic rings. The lowest BCUT2D eigenvalue weighted by Crippen LogP contribution is -2.11. The van der Waals surface area contributed by atoms with Crippen LogP contribution in [0.25, 0.3) is 0 Å². The summed E-state index contributed by atoms with van der Waals surface area (Å²) in [4.78, 5) is 0. The molecule has 0 radical (unpaired) electrons. The van der Waals surface area contributed by atoms with Gasteiger partial charge >= 0.3 is 0 Å². The predicted octanol–water partition coefficient (Wildman–Crippen LogP) is 2.72. The lowest BCUT2D eigenvalue weighted by atomic mass is 10.0. The van der Waals surface area contributed by atoms with E-state index in [2.05, 4.69) is 18.3 Å². The molecule has 0 bridgehead atoms. The summed E-state index contributed by atoms with van der Waals surface area (Å²) in [5, 5.41) is 4.01. The molecule has 0 atom stereocenters. The highest BCUT2D eigenvalue weighted by Gasteiger charge is 2.01. The number of rotatable bonds is 3. The second-order valence-corrected chi connectivity index (χ2v) is 3.79. The zero-order chi connectivity index (χ0) is 9.84. The highest BCUT2D eigenvalue weighted by atomic mass is 35.5. The van der Waals surface area contributed by atoms with Crippen molar-refractivity contribution in [2.75, 3.05) is 13.6 Å². The molecule has 0 heterocycles. The third-order valence-electron chi connectivity index (χ3n) is 2.26. The molecule has 0 unspecified atom stereocenters. The summed E-state index contributed by atoms with van der Waals surface area (Å²) in [6, 6.07) is 4.22. The fourth-order valence-corrected chi connectivity index (χ4v) is 1.59. The van der Waals surface area contributed by atoms with E-state index in [0.29, 0.717) is 0 Å². The SMILES string of the molecule is CNCCc1cc(C)c(Cl)cc1C. The molecule has 1 rings (SSSR count). The van der Waals surface area contributed by atoms with Crippen molar-refractivity contribution in [3.8, 4) is 0 Å². The number of halogens is 1. The van der Waals surface area contributed by atoms with Crippen LogP contribution in [-0.2, 0) is 6.42 Å². The Balaban J connectivity index is 2.88. The van der Waals surface area contributed by atoms with Crippen molar-refractivity contribution >= 4 is 11.6 Å². The molecule has 13 heavy (non-hydrogen) atoms. The second-order valence-electron chi connectivity index (χ2n) is 3.38. The molecule has 0 saturated carbocycles. The number of likely N-dealkylation sites (N-methyl/N-ethyl adjacent to an activating group) is 1. The van der Waals surface area contributed by atoms with Crippen molar-refractivity contribution in [1.29, 1.82) is 0 Å². The van der Waals surface area contributed by atoms with Crippen LogP contribution in [0.1, 0.15) is 16.7 Å². The Morgan fingerprint density at radius 3 is 2.54 bits per heavy atom. The maximum atomic E-state index is 6.00. The van der Waals surface area contributed by atoms with Crippen molar-refractivity contribution in [3.63, 3.8) is 0 Å². The van der Waals surface area contributed by atoms with E-state index in [4.69, 9.17) is 11.6 Å². The Morgan fingerprint density at radius 1 is 1.23 bits per heavy atom. The predicted molar refractivity (Wildman–Crippen MR) is 58.6 cm³/mol. The largest absolute Gasteiger partial charge is 0.319 e. The summed E-state index contributed by atoms with van der Waals surface area (Å²) in [6.07, 6.45) is 1.07. The Labute approximate surface area is 85.1 Å². The van der Waals surface area contributed by atoms with Crippen molar-refractivity contribution in [3.05, 3.63) is 33.8 Å². The van der Waals surface area contributed by atoms with Crippen LogP contribution in [0.4, 0.5) is 0 Å². The molecule has 1 nitrogen and oxygen atoms in total. The Hall–Kier alpha value is -0.530. The molecule has 0 aromatic heterocycles. The van der Waals surface area contributed by atoms with Crippen molar-refractivity contribution in [2.45, 2.75) is 20.3 Å². The van der Waals surface area contributed by atoms with Crippen LogP contribution in [0.2, 0.25) is 5.02 Å². The van der Waals surface area contributed by atoms with E-state index in [1.807, 2.05) is 20.0 Å². The smallest absolute Gasteiger partial charge is 0.0438 e. The quantitative estimate of drug-likeness (QED) is 0.786. The topological polar surface area (TPSA) is 12.0 Å². The Bertz CT molecular complexity index is 294. The molecule has 2 heteroatoms.